The van der Waals surface area contributed by atoms with E-state index in [-0.39, 0.29) is 28.6 Å². The van der Waals surface area contributed by atoms with Crippen molar-refractivity contribution in [1.29, 1.82) is 0 Å². The van der Waals surface area contributed by atoms with Crippen LogP contribution in [0.4, 0.5) is 36.1 Å². The Morgan fingerprint density at radius 1 is 1.23 bits per heavy atom. The second-order valence-electron chi connectivity index (χ2n) is 7.84. The van der Waals surface area contributed by atoms with Gasteiger partial charge in [-0.2, -0.15) is 21.6 Å². The molecule has 11 heteroatoms. The molecule has 0 bridgehead atoms. The average Bonchev–Trinajstić information content (AvgIpc) is 2.64. The van der Waals surface area contributed by atoms with Crippen LogP contribution in [-0.2, 0) is 10.0 Å². The molecule has 1 aliphatic heterocycles. The van der Waals surface area contributed by atoms with Gasteiger partial charge in [0.2, 0.25) is 0 Å². The molecule has 0 saturated heterocycles. The number of alkyl halides is 3. The topological polar surface area (TPSA) is 87.0 Å². The zero-order valence-electron chi connectivity index (χ0n) is 16.9. The van der Waals surface area contributed by atoms with E-state index in [9.17, 15) is 21.6 Å². The minimum atomic E-state index is -5.63. The van der Waals surface area contributed by atoms with Crippen molar-refractivity contribution < 1.29 is 21.6 Å². The Morgan fingerprint density at radius 3 is 2.53 bits per heavy atom. The van der Waals surface area contributed by atoms with Gasteiger partial charge in [0.1, 0.15) is 5.69 Å². The lowest BCUT2D eigenvalue weighted by Gasteiger charge is -2.45. The minimum Gasteiger partial charge on any atom is -0.369 e. The predicted molar refractivity (Wildman–Crippen MR) is 109 cm³/mol. The summed E-state index contributed by atoms with van der Waals surface area (Å²) in [7, 11) is -3.81. The van der Waals surface area contributed by atoms with E-state index in [0.29, 0.717) is 5.69 Å². The molecule has 2 heterocycles. The van der Waals surface area contributed by atoms with Gasteiger partial charge in [0, 0.05) is 24.5 Å². The van der Waals surface area contributed by atoms with Crippen molar-refractivity contribution in [3.63, 3.8) is 0 Å². The number of aromatic nitrogens is 1. The molecule has 162 valence electrons. The lowest BCUT2D eigenvalue weighted by molar-refractivity contribution is -0.0429. The van der Waals surface area contributed by atoms with Gasteiger partial charge in [-0.25, -0.2) is 4.98 Å². The van der Waals surface area contributed by atoms with E-state index < -0.39 is 15.5 Å². The van der Waals surface area contributed by atoms with Gasteiger partial charge >= 0.3 is 15.5 Å². The summed E-state index contributed by atoms with van der Waals surface area (Å²) >= 11 is 0. The van der Waals surface area contributed by atoms with E-state index in [1.54, 1.807) is 29.0 Å². The maximum absolute atomic E-state index is 13.0. The number of hydrogen-bond donors (Lipinski definition) is 1. The number of nitrogens with one attached hydrogen (secondary N) is 1. The van der Waals surface area contributed by atoms with Crippen LogP contribution in [0.2, 0.25) is 0 Å². The first kappa shape index (κ1) is 22.0. The third-order valence-electron chi connectivity index (χ3n) is 5.21. The highest BCUT2D eigenvalue weighted by Crippen LogP contribution is 2.47. The summed E-state index contributed by atoms with van der Waals surface area (Å²) < 4.78 is 64.1. The normalized spacial score (nSPS) is 19.0. The van der Waals surface area contributed by atoms with Gasteiger partial charge in [0.15, 0.2) is 5.82 Å². The molecule has 0 spiro atoms. The van der Waals surface area contributed by atoms with Gasteiger partial charge in [-0.1, -0.05) is 13.0 Å². The van der Waals surface area contributed by atoms with Crippen LogP contribution in [0.15, 0.2) is 46.8 Å². The maximum Gasteiger partial charge on any atom is 0.516 e. The molecule has 1 aliphatic rings. The van der Waals surface area contributed by atoms with E-state index in [2.05, 4.69) is 15.2 Å². The molecule has 2 aromatic rings. The first-order valence-electron chi connectivity index (χ1n) is 9.15. The Labute approximate surface area is 173 Å². The molecule has 1 aromatic carbocycles. The van der Waals surface area contributed by atoms with Crippen LogP contribution in [-0.4, -0.2) is 31.5 Å². The van der Waals surface area contributed by atoms with Crippen molar-refractivity contribution in [3.05, 3.63) is 42.1 Å². The molecule has 0 saturated carbocycles. The van der Waals surface area contributed by atoms with Crippen molar-refractivity contribution in [2.75, 3.05) is 16.7 Å². The van der Waals surface area contributed by atoms with Crippen LogP contribution in [0.25, 0.3) is 0 Å². The highest BCUT2D eigenvalue weighted by molar-refractivity contribution is 7.93. The van der Waals surface area contributed by atoms with Gasteiger partial charge < -0.3 is 4.90 Å². The standard InChI is InChI=1S/C19H22F3N5O2S/c1-12-11-18(2,3)27(4)16-10-15(26-30(28,29)19(20,21)22)14(9-13(12)16)24-25-17-7-5-6-8-23-17/h5-10,12,26H,11H2,1-4H3. The van der Waals surface area contributed by atoms with E-state index in [0.717, 1.165) is 12.0 Å². The number of benzene rings is 1. The Morgan fingerprint density at radius 2 is 1.93 bits per heavy atom. The summed E-state index contributed by atoms with van der Waals surface area (Å²) in [6, 6.07) is 7.89. The summed E-state index contributed by atoms with van der Waals surface area (Å²) in [6.45, 7) is 6.04. The predicted octanol–water partition coefficient (Wildman–Crippen LogP) is 5.48. The molecule has 1 unspecified atom stereocenters. The number of sulfonamides is 1. The van der Waals surface area contributed by atoms with Crippen molar-refractivity contribution in [3.8, 4) is 0 Å². The summed E-state index contributed by atoms with van der Waals surface area (Å²) in [5, 5.41) is 7.93. The maximum atomic E-state index is 13.0. The number of halogens is 3. The smallest absolute Gasteiger partial charge is 0.369 e. The van der Waals surface area contributed by atoms with E-state index in [4.69, 9.17) is 0 Å². The van der Waals surface area contributed by atoms with E-state index in [1.165, 1.54) is 12.3 Å². The monoisotopic (exact) mass is 441 g/mol. The zero-order chi connectivity index (χ0) is 22.3. The Kier molecular flexibility index (Phi) is 5.52. The molecule has 0 amide bonds. The van der Waals surface area contributed by atoms with E-state index >= 15 is 0 Å². The lowest BCUT2D eigenvalue weighted by Crippen LogP contribution is -2.45. The molecule has 1 N–H and O–H groups in total. The number of pyridine rings is 1. The van der Waals surface area contributed by atoms with Crippen LogP contribution in [0, 0.1) is 0 Å². The fourth-order valence-electron chi connectivity index (χ4n) is 3.49. The average molecular weight is 441 g/mol. The van der Waals surface area contributed by atoms with Crippen molar-refractivity contribution in [1.82, 2.24) is 4.98 Å². The van der Waals surface area contributed by atoms with Crippen LogP contribution in [0.3, 0.4) is 0 Å². The first-order chi connectivity index (χ1) is 13.8. The number of hydrogen-bond acceptors (Lipinski definition) is 6. The molecule has 0 aliphatic carbocycles. The number of azo groups is 1. The molecule has 7 nitrogen and oxygen atoms in total. The van der Waals surface area contributed by atoms with Gasteiger partial charge in [-0.05, 0) is 56.0 Å². The molecule has 0 fully saturated rings. The van der Waals surface area contributed by atoms with Crippen molar-refractivity contribution in [2.24, 2.45) is 10.2 Å². The van der Waals surface area contributed by atoms with Gasteiger partial charge in [-0.15, -0.1) is 10.2 Å². The molecule has 3 rings (SSSR count). The van der Waals surface area contributed by atoms with E-state index in [1.807, 2.05) is 32.7 Å². The first-order valence-corrected chi connectivity index (χ1v) is 10.6. The van der Waals surface area contributed by atoms with Gasteiger partial charge in [0.25, 0.3) is 0 Å². The number of anilines is 2. The Bertz CT molecular complexity index is 1070. The number of fused-ring (bicyclic) bond motifs is 1. The lowest BCUT2D eigenvalue weighted by atomic mass is 9.80. The molecule has 30 heavy (non-hydrogen) atoms. The fraction of sp³-hybridized carbons (Fsp3) is 0.421. The number of rotatable bonds is 4. The molecule has 1 aromatic heterocycles. The Balaban J connectivity index is 2.15. The van der Waals surface area contributed by atoms with Crippen LogP contribution < -0.4 is 9.62 Å². The minimum absolute atomic E-state index is 0.0211. The van der Waals surface area contributed by atoms with Gasteiger partial charge in [-0.3, -0.25) is 4.72 Å². The Hall–Kier alpha value is -2.69. The summed E-state index contributed by atoms with van der Waals surface area (Å²) in [5.41, 5.74) is -4.56. The summed E-state index contributed by atoms with van der Waals surface area (Å²) in [4.78, 5) is 5.91. The second-order valence-corrected chi connectivity index (χ2v) is 9.52. The zero-order valence-corrected chi connectivity index (χ0v) is 17.7. The quantitative estimate of drug-likeness (QED) is 0.637. The third kappa shape index (κ3) is 4.25. The molecule has 0 radical (unpaired) electrons. The SMILES string of the molecule is CC1CC(C)(C)N(C)c2cc(NS(=O)(=O)C(F)(F)F)c(N=Nc3ccccn3)cc21. The summed E-state index contributed by atoms with van der Waals surface area (Å²) in [6.07, 6.45) is 2.30. The number of nitrogens with zero attached hydrogens (tertiary/aromatic N) is 4. The highest BCUT2D eigenvalue weighted by atomic mass is 32.2. The largest absolute Gasteiger partial charge is 0.516 e. The summed E-state index contributed by atoms with van der Waals surface area (Å²) in [5.74, 6) is 0.328. The van der Waals surface area contributed by atoms with Crippen LogP contribution in [0.5, 0.6) is 0 Å². The third-order valence-corrected chi connectivity index (χ3v) is 6.31. The van der Waals surface area contributed by atoms with Crippen molar-refractivity contribution in [2.45, 2.75) is 44.2 Å². The van der Waals surface area contributed by atoms with Crippen LogP contribution >= 0.6 is 0 Å². The van der Waals surface area contributed by atoms with Crippen molar-refractivity contribution >= 4 is 32.9 Å². The van der Waals surface area contributed by atoms with Crippen LogP contribution in [0.1, 0.15) is 38.7 Å². The molecule has 1 atom stereocenters. The molecular formula is C19H22F3N5O2S. The fourth-order valence-corrected chi connectivity index (χ4v) is 4.05. The highest BCUT2D eigenvalue weighted by Gasteiger charge is 2.46. The molecular weight excluding hydrogens is 419 g/mol. The van der Waals surface area contributed by atoms with Gasteiger partial charge in [0.05, 0.1) is 5.69 Å². The second kappa shape index (κ2) is 7.53.